The number of piperazine rings is 1. The summed E-state index contributed by atoms with van der Waals surface area (Å²) in [5.41, 5.74) is 7.68. The van der Waals surface area contributed by atoms with Gasteiger partial charge in [0.15, 0.2) is 12.1 Å². The standard InChI is InChI=1S/C17H17N3O2.C16H16N4O2.C16H17NO3.C12H15NO2.C6H10O3.C2HF3O.C2H6/c21-17-14(15-6-7-18-19-15)10-12-4-5-13(11-16(12)22-17)20-8-2-1-3-9-20;21-16-13(14-3-4-18-19-14)9-11-1-2-12(10-15(11)22-16)20-7-5-17-6-8-20;1-11(18)14-9-12-5-6-13(10-15(12)20-16(14)19)17-7-3-2-4-8-17;14-9-10-4-5-11(8-12(10)15)13-6-2-1-3-7-13;1-3-9-6(8)4-5(2)7;3-2(4,5)1-6;1-2/h4-7,10-11H,1-3,8-9H2,(H,18,19);1-4,9-10,17H,5-8H2,(H,18,19);5-6,9-10H,2-4,7-8H2,1H3;4-5,8-9,15H,1-3,6-7H2;3-4H2,1-2H3;1H;1-2H3. The second kappa shape index (κ2) is 36.5. The molecule has 0 spiro atoms. The molecule has 4 fully saturated rings. The second-order valence-electron chi connectivity index (χ2n) is 22.6. The van der Waals surface area contributed by atoms with E-state index in [1.165, 1.54) is 71.6 Å². The summed E-state index contributed by atoms with van der Waals surface area (Å²) in [6.07, 6.45) is 9.23. The van der Waals surface area contributed by atoms with Gasteiger partial charge in [-0.15, -0.1) is 0 Å². The monoisotopic (exact) mass is 1330 g/mol. The van der Waals surface area contributed by atoms with E-state index in [-0.39, 0.29) is 40.6 Å². The fourth-order valence-corrected chi connectivity index (χ4v) is 10.9. The van der Waals surface area contributed by atoms with E-state index in [2.05, 4.69) is 62.2 Å². The molecule has 4 saturated heterocycles. The summed E-state index contributed by atoms with van der Waals surface area (Å²) in [5.74, 6) is -0.785. The maximum absolute atomic E-state index is 12.2. The summed E-state index contributed by atoms with van der Waals surface area (Å²) >= 11 is 0. The fraction of sp³-hybridized carbons (Fsp3) is 0.380. The predicted octanol–water partition coefficient (Wildman–Crippen LogP) is 12.2. The lowest BCUT2D eigenvalue weighted by Gasteiger charge is -2.29. The van der Waals surface area contributed by atoms with E-state index in [9.17, 15) is 51.8 Å². The van der Waals surface area contributed by atoms with E-state index >= 15 is 0 Å². The van der Waals surface area contributed by atoms with Gasteiger partial charge in [0.25, 0.3) is 0 Å². The van der Waals surface area contributed by atoms with Crippen LogP contribution < -0.4 is 41.8 Å². The number of alkyl halides is 3. The number of anilines is 4. The second-order valence-corrected chi connectivity index (χ2v) is 22.6. The molecule has 13 rings (SSSR count). The molecule has 510 valence electrons. The molecular weight excluding hydrogens is 1240 g/mol. The highest BCUT2D eigenvalue weighted by Crippen LogP contribution is 2.30. The Kier molecular flexibility index (Phi) is 27.8. The van der Waals surface area contributed by atoms with Crippen molar-refractivity contribution < 1.29 is 60.2 Å². The molecule has 96 heavy (non-hydrogen) atoms. The van der Waals surface area contributed by atoms with Crippen molar-refractivity contribution in [1.29, 1.82) is 0 Å². The van der Waals surface area contributed by atoms with Crippen molar-refractivity contribution in [1.82, 2.24) is 25.7 Å². The molecular formula is C71H82F3N9O13. The van der Waals surface area contributed by atoms with E-state index in [4.69, 9.17) is 18.0 Å². The summed E-state index contributed by atoms with van der Waals surface area (Å²) in [4.78, 5) is 96.6. The third-order valence-corrected chi connectivity index (χ3v) is 15.7. The minimum atomic E-state index is -4.64. The molecule has 4 N–H and O–H groups in total. The normalized spacial score (nSPS) is 14.4. The fourth-order valence-electron chi connectivity index (χ4n) is 10.9. The number of phenolic OH excluding ortho intramolecular Hbond substituents is 1. The number of carbonyl (C=O) groups is 5. The molecule has 0 atom stereocenters. The number of piperidine rings is 3. The van der Waals surface area contributed by atoms with Crippen LogP contribution in [0.4, 0.5) is 35.9 Å². The Morgan fingerprint density at radius 1 is 0.552 bits per heavy atom. The minimum Gasteiger partial charge on any atom is -0.507 e. The molecule has 4 aliphatic rings. The number of aldehydes is 2. The molecule has 0 unspecified atom stereocenters. The number of ether oxygens (including phenoxy) is 1. The van der Waals surface area contributed by atoms with Crippen molar-refractivity contribution in [2.75, 3.05) is 91.7 Å². The average Bonchev–Trinajstić information content (AvgIpc) is 1.16. The highest BCUT2D eigenvalue weighted by molar-refractivity contribution is 5.97. The molecule has 9 heterocycles. The number of ketones is 2. The number of fused-ring (bicyclic) bond motifs is 3. The quantitative estimate of drug-likeness (QED) is 0.0308. The summed E-state index contributed by atoms with van der Waals surface area (Å²) < 4.78 is 52.0. The largest absolute Gasteiger partial charge is 0.507 e. The Bertz CT molecular complexity index is 4040. The number of hydrogen-bond acceptors (Lipinski definition) is 20. The number of carbonyl (C=O) groups excluding carboxylic acids is 5. The van der Waals surface area contributed by atoms with Crippen LogP contribution in [-0.4, -0.2) is 134 Å². The van der Waals surface area contributed by atoms with Crippen LogP contribution in [0.25, 0.3) is 55.4 Å². The SMILES string of the molecule is CC.CC(=O)c1cc2ccc(N3CCCCC3)cc2oc1=O.CCOC(=O)CC(C)=O.O=CC(F)(F)F.O=Cc1ccc(N2CCCCC2)cc1O.O=c1oc2cc(N3CCCCC3)ccc2cc1-c1ccn[nH]1.O=c1oc2cc(N3CCNCC3)ccc2cc1-c1ccn[nH]1. The predicted molar refractivity (Wildman–Crippen MR) is 365 cm³/mol. The molecule has 0 radical (unpaired) electrons. The van der Waals surface area contributed by atoms with Crippen molar-refractivity contribution in [3.8, 4) is 28.3 Å². The van der Waals surface area contributed by atoms with Gasteiger partial charge in [0, 0.05) is 141 Å². The van der Waals surface area contributed by atoms with E-state index in [1.807, 2.05) is 74.5 Å². The highest BCUT2D eigenvalue weighted by atomic mass is 19.4. The molecule has 4 aliphatic heterocycles. The number of Topliss-reactive ketones (excluding diaryl/α,β-unsaturated/α-hetero) is 2. The van der Waals surface area contributed by atoms with Gasteiger partial charge in [-0.05, 0) is 157 Å². The molecule has 0 amide bonds. The minimum absolute atomic E-state index is 0.0769. The molecule has 22 nitrogen and oxygen atoms in total. The third-order valence-electron chi connectivity index (χ3n) is 15.7. The van der Waals surface area contributed by atoms with E-state index < -0.39 is 24.1 Å². The Balaban J connectivity index is 0.000000168. The first kappa shape index (κ1) is 73.2. The van der Waals surface area contributed by atoms with Gasteiger partial charge in [0.2, 0.25) is 6.29 Å². The summed E-state index contributed by atoms with van der Waals surface area (Å²) in [7, 11) is 0. The van der Waals surface area contributed by atoms with Crippen LogP contribution in [-0.2, 0) is 19.1 Å². The van der Waals surface area contributed by atoms with Crippen LogP contribution >= 0.6 is 0 Å². The Labute approximate surface area is 552 Å². The third kappa shape index (κ3) is 21.4. The van der Waals surface area contributed by atoms with Gasteiger partial charge in [-0.2, -0.15) is 23.4 Å². The van der Waals surface area contributed by atoms with Crippen LogP contribution in [0, 0.1) is 0 Å². The van der Waals surface area contributed by atoms with E-state index in [0.717, 1.165) is 104 Å². The first-order chi connectivity index (χ1) is 46.3. The number of aromatic hydroxyl groups is 1. The first-order valence-corrected chi connectivity index (χ1v) is 32.2. The van der Waals surface area contributed by atoms with Crippen molar-refractivity contribution in [3.63, 3.8) is 0 Å². The number of aromatic nitrogens is 4. The highest BCUT2D eigenvalue weighted by Gasteiger charge is 2.25. The molecule has 25 heteroatoms. The zero-order valence-electron chi connectivity index (χ0n) is 54.6. The van der Waals surface area contributed by atoms with Crippen LogP contribution in [0.5, 0.6) is 5.75 Å². The van der Waals surface area contributed by atoms with Gasteiger partial charge in [-0.1, -0.05) is 13.8 Å². The Morgan fingerprint density at radius 3 is 1.29 bits per heavy atom. The number of rotatable bonds is 11. The van der Waals surface area contributed by atoms with Crippen molar-refractivity contribution in [2.24, 2.45) is 0 Å². The maximum Gasteiger partial charge on any atom is 0.446 e. The van der Waals surface area contributed by atoms with Gasteiger partial charge in [0.05, 0.1) is 34.7 Å². The molecule has 0 aliphatic carbocycles. The molecule has 9 aromatic rings. The average molecular weight is 1330 g/mol. The van der Waals surface area contributed by atoms with E-state index in [0.29, 0.717) is 57.7 Å². The van der Waals surface area contributed by atoms with Gasteiger partial charge in [0.1, 0.15) is 40.3 Å². The van der Waals surface area contributed by atoms with Gasteiger partial charge >= 0.3 is 29.0 Å². The van der Waals surface area contributed by atoms with Crippen LogP contribution in [0.3, 0.4) is 0 Å². The number of H-pyrrole nitrogens is 2. The first-order valence-electron chi connectivity index (χ1n) is 32.2. The lowest BCUT2D eigenvalue weighted by molar-refractivity contribution is -0.156. The smallest absolute Gasteiger partial charge is 0.446 e. The maximum atomic E-state index is 12.2. The van der Waals surface area contributed by atoms with Crippen molar-refractivity contribution >= 4 is 85.8 Å². The summed E-state index contributed by atoms with van der Waals surface area (Å²) in [6.45, 7) is 19.0. The topological polar surface area (TPSA) is 288 Å². The number of aromatic amines is 2. The molecule has 5 aromatic heterocycles. The number of hydrogen-bond donors (Lipinski definition) is 4. The molecule has 0 saturated carbocycles. The lowest BCUT2D eigenvalue weighted by atomic mass is 10.1. The van der Waals surface area contributed by atoms with Crippen molar-refractivity contribution in [2.45, 2.75) is 105 Å². The molecule has 4 aromatic carbocycles. The summed E-state index contributed by atoms with van der Waals surface area (Å²) in [6, 6.07) is 32.0. The van der Waals surface area contributed by atoms with Crippen LogP contribution in [0.15, 0.2) is 143 Å². The Hall–Kier alpha value is -10.2. The Morgan fingerprint density at radius 2 is 0.938 bits per heavy atom. The van der Waals surface area contributed by atoms with Gasteiger partial charge < -0.3 is 48.0 Å². The zero-order valence-corrected chi connectivity index (χ0v) is 54.6. The zero-order chi connectivity index (χ0) is 69.2. The van der Waals surface area contributed by atoms with Crippen LogP contribution in [0.2, 0.25) is 0 Å². The van der Waals surface area contributed by atoms with Crippen LogP contribution in [0.1, 0.15) is 120 Å². The van der Waals surface area contributed by atoms with Gasteiger partial charge in [-0.25, -0.2) is 14.4 Å². The van der Waals surface area contributed by atoms with E-state index in [1.54, 1.807) is 49.6 Å². The number of nitrogens with one attached hydrogen (secondary N) is 3. The lowest BCUT2D eigenvalue weighted by Crippen LogP contribution is -2.43. The number of halogens is 3. The number of phenols is 1. The number of nitrogens with zero attached hydrogens (tertiary/aromatic N) is 6. The molecule has 0 bridgehead atoms. The summed E-state index contributed by atoms with van der Waals surface area (Å²) in [5, 5.41) is 28.9. The number of benzene rings is 4. The number of esters is 1. The van der Waals surface area contributed by atoms with Crippen molar-refractivity contribution in [3.05, 3.63) is 158 Å². The van der Waals surface area contributed by atoms with Gasteiger partial charge in [-0.3, -0.25) is 34.2 Å².